The number of nitrogens with zero attached hydrogens (tertiary/aromatic N) is 4. The predicted octanol–water partition coefficient (Wildman–Crippen LogP) is 4.53. The van der Waals surface area contributed by atoms with Gasteiger partial charge in [-0.15, -0.1) is 0 Å². The van der Waals surface area contributed by atoms with Crippen molar-refractivity contribution in [3.8, 4) is 23.1 Å². The van der Waals surface area contributed by atoms with E-state index in [1.807, 2.05) is 67.4 Å². The van der Waals surface area contributed by atoms with Crippen LogP contribution in [-0.4, -0.2) is 45.2 Å². The highest BCUT2D eigenvalue weighted by Crippen LogP contribution is 2.27. The van der Waals surface area contributed by atoms with Gasteiger partial charge in [0.25, 0.3) is 0 Å². The van der Waals surface area contributed by atoms with Crippen LogP contribution in [-0.2, 0) is 11.2 Å². The Hall–Kier alpha value is -3.20. The monoisotopic (exact) mass is 419 g/mol. The number of rotatable bonds is 7. The average molecular weight is 420 g/mol. The van der Waals surface area contributed by atoms with Crippen LogP contribution in [0.1, 0.15) is 49.2 Å². The summed E-state index contributed by atoms with van der Waals surface area (Å²) in [6.45, 7) is 8.91. The lowest BCUT2D eigenvalue weighted by Gasteiger charge is -2.18. The van der Waals surface area contributed by atoms with E-state index in [2.05, 4.69) is 11.8 Å². The molecule has 3 rings (SSSR count). The van der Waals surface area contributed by atoms with Gasteiger partial charge in [0, 0.05) is 47.6 Å². The molecule has 6 heteroatoms. The van der Waals surface area contributed by atoms with Crippen molar-refractivity contribution in [1.29, 1.82) is 0 Å². The van der Waals surface area contributed by atoms with E-state index in [4.69, 9.17) is 10.1 Å². The van der Waals surface area contributed by atoms with Crippen LogP contribution in [0.15, 0.2) is 30.3 Å². The molecule has 0 fully saturated rings. The highest BCUT2D eigenvalue weighted by atomic mass is 18.2. The zero-order valence-corrected chi connectivity index (χ0v) is 18.7. The molecular weight excluding hydrogens is 390 g/mol. The van der Waals surface area contributed by atoms with Gasteiger partial charge in [-0.3, -0.25) is 9.18 Å². The van der Waals surface area contributed by atoms with Crippen LogP contribution in [0.25, 0.3) is 16.9 Å². The largest absolute Gasteiger partial charge is 0.343 e. The Bertz CT molecular complexity index is 1120. The minimum Gasteiger partial charge on any atom is -0.343 e. The molecule has 1 aromatic carbocycles. The minimum absolute atomic E-state index is 0.0671. The van der Waals surface area contributed by atoms with Crippen molar-refractivity contribution in [2.45, 2.75) is 47.0 Å². The molecule has 0 aliphatic rings. The number of carbonyl (C=O) groups is 1. The normalized spacial score (nSPS) is 10.7. The Balaban J connectivity index is 2.03. The van der Waals surface area contributed by atoms with Crippen molar-refractivity contribution < 1.29 is 9.18 Å². The molecule has 0 radical (unpaired) electrons. The number of benzene rings is 1. The number of aromatic nitrogens is 3. The Labute approximate surface area is 183 Å². The smallest absolute Gasteiger partial charge is 0.227 e. The van der Waals surface area contributed by atoms with Crippen LogP contribution >= 0.6 is 0 Å². The van der Waals surface area contributed by atoms with E-state index < -0.39 is 0 Å². The SMILES string of the molecule is CCN(CC)C(=O)Cc1c(-c2ccc(C#CCCC[18F])cc2)nn2c(C)cc(C)nc12. The van der Waals surface area contributed by atoms with E-state index in [0.717, 1.165) is 39.4 Å². The molecule has 0 saturated carbocycles. The number of hydrogen-bond donors (Lipinski definition) is 0. The van der Waals surface area contributed by atoms with Crippen molar-refractivity contribution in [2.24, 2.45) is 0 Å². The molecule has 0 unspecified atom stereocenters. The number of halogens is 1. The van der Waals surface area contributed by atoms with Gasteiger partial charge in [0.2, 0.25) is 5.91 Å². The van der Waals surface area contributed by atoms with Gasteiger partial charge in [-0.25, -0.2) is 9.50 Å². The molecule has 3 aromatic rings. The lowest BCUT2D eigenvalue weighted by Crippen LogP contribution is -2.31. The fourth-order valence-corrected chi connectivity index (χ4v) is 3.63. The second-order valence-corrected chi connectivity index (χ2v) is 7.52. The lowest BCUT2D eigenvalue weighted by molar-refractivity contribution is -0.130. The zero-order valence-electron chi connectivity index (χ0n) is 18.7. The van der Waals surface area contributed by atoms with Crippen molar-refractivity contribution >= 4 is 11.6 Å². The van der Waals surface area contributed by atoms with Crippen LogP contribution in [0.2, 0.25) is 0 Å². The molecule has 5 nitrogen and oxygen atoms in total. The quantitative estimate of drug-likeness (QED) is 0.418. The first kappa shape index (κ1) is 22.5. The van der Waals surface area contributed by atoms with E-state index >= 15 is 0 Å². The highest BCUT2D eigenvalue weighted by Gasteiger charge is 2.21. The lowest BCUT2D eigenvalue weighted by atomic mass is 10.0. The number of fused-ring (bicyclic) bond motifs is 1. The Kier molecular flexibility index (Phi) is 7.41. The molecule has 0 spiro atoms. The van der Waals surface area contributed by atoms with Crippen LogP contribution in [0.5, 0.6) is 0 Å². The third-order valence-electron chi connectivity index (χ3n) is 5.26. The molecule has 2 heterocycles. The molecule has 0 saturated heterocycles. The van der Waals surface area contributed by atoms with Gasteiger partial charge < -0.3 is 4.90 Å². The Morgan fingerprint density at radius 3 is 2.52 bits per heavy atom. The molecule has 0 aliphatic heterocycles. The van der Waals surface area contributed by atoms with E-state index in [9.17, 15) is 9.18 Å². The molecule has 162 valence electrons. The maximum Gasteiger partial charge on any atom is 0.227 e. The predicted molar refractivity (Wildman–Crippen MR) is 122 cm³/mol. The number of aryl methyl sites for hydroxylation is 2. The molecule has 0 aliphatic carbocycles. The first-order valence-electron chi connectivity index (χ1n) is 10.8. The first-order valence-corrected chi connectivity index (χ1v) is 10.8. The van der Waals surface area contributed by atoms with Crippen molar-refractivity contribution in [1.82, 2.24) is 19.5 Å². The minimum atomic E-state index is -0.344. The summed E-state index contributed by atoms with van der Waals surface area (Å²) in [4.78, 5) is 19.4. The third kappa shape index (κ3) is 5.11. The summed E-state index contributed by atoms with van der Waals surface area (Å²) in [5.74, 6) is 6.12. The van der Waals surface area contributed by atoms with Crippen molar-refractivity contribution in [3.05, 3.63) is 52.8 Å². The molecule has 0 N–H and O–H groups in total. The summed E-state index contributed by atoms with van der Waals surface area (Å²) in [5.41, 5.74) is 5.98. The van der Waals surface area contributed by atoms with Gasteiger partial charge >= 0.3 is 0 Å². The summed E-state index contributed by atoms with van der Waals surface area (Å²) in [5, 5.41) is 4.81. The number of alkyl halides is 1. The maximum absolute atomic E-state index is 12.9. The molecular formula is C25H29FN4O. The number of unbranched alkanes of at least 4 members (excludes halogenated alkanes) is 1. The second-order valence-electron chi connectivity index (χ2n) is 7.52. The van der Waals surface area contributed by atoms with Crippen LogP contribution < -0.4 is 0 Å². The molecule has 2 aromatic heterocycles. The van der Waals surface area contributed by atoms with Crippen LogP contribution in [0, 0.1) is 25.7 Å². The van der Waals surface area contributed by atoms with Gasteiger partial charge in [0.15, 0.2) is 5.65 Å². The van der Waals surface area contributed by atoms with Gasteiger partial charge in [0.1, 0.15) is 0 Å². The van der Waals surface area contributed by atoms with E-state index in [1.165, 1.54) is 0 Å². The fourth-order valence-electron chi connectivity index (χ4n) is 3.63. The number of amides is 1. The third-order valence-corrected chi connectivity index (χ3v) is 5.26. The Morgan fingerprint density at radius 1 is 1.16 bits per heavy atom. The van der Waals surface area contributed by atoms with Crippen molar-refractivity contribution in [2.75, 3.05) is 19.8 Å². The summed E-state index contributed by atoms with van der Waals surface area (Å²) in [6.07, 6.45) is 1.26. The van der Waals surface area contributed by atoms with E-state index in [0.29, 0.717) is 25.9 Å². The van der Waals surface area contributed by atoms with Crippen molar-refractivity contribution in [3.63, 3.8) is 0 Å². The summed E-state index contributed by atoms with van der Waals surface area (Å²) in [7, 11) is 0. The molecule has 0 atom stereocenters. The summed E-state index contributed by atoms with van der Waals surface area (Å²) in [6, 6.07) is 9.78. The van der Waals surface area contributed by atoms with Gasteiger partial charge in [-0.1, -0.05) is 24.0 Å². The summed E-state index contributed by atoms with van der Waals surface area (Å²) >= 11 is 0. The number of carbonyl (C=O) groups excluding carboxylic acids is 1. The topological polar surface area (TPSA) is 50.5 Å². The number of likely N-dealkylation sites (N-methyl/N-ethyl adjacent to an activating group) is 1. The fraction of sp³-hybridized carbons (Fsp3) is 0.400. The van der Waals surface area contributed by atoms with E-state index in [1.54, 1.807) is 0 Å². The Morgan fingerprint density at radius 2 is 1.87 bits per heavy atom. The van der Waals surface area contributed by atoms with Gasteiger partial charge in [0.05, 0.1) is 18.8 Å². The standard InChI is InChI=1S/C25H29FN4O/c1-5-29(6-2)23(31)17-22-24(28-30-19(4)16-18(3)27-25(22)30)21-13-11-20(12-14-21)10-8-7-9-15-26/h11-14,16H,5-7,9,15,17H2,1-4H3/i26-1. The maximum atomic E-state index is 12.9. The zero-order chi connectivity index (χ0) is 22.4. The van der Waals surface area contributed by atoms with Gasteiger partial charge in [-0.2, -0.15) is 5.10 Å². The first-order chi connectivity index (χ1) is 15.0. The second kappa shape index (κ2) is 10.2. The molecule has 1 amide bonds. The average Bonchev–Trinajstić information content (AvgIpc) is 3.11. The number of hydrogen-bond acceptors (Lipinski definition) is 3. The van der Waals surface area contributed by atoms with Crippen LogP contribution in [0.3, 0.4) is 0 Å². The highest BCUT2D eigenvalue weighted by molar-refractivity contribution is 5.84. The van der Waals surface area contributed by atoms with Crippen LogP contribution in [0.4, 0.5) is 4.39 Å². The molecule has 31 heavy (non-hydrogen) atoms. The van der Waals surface area contributed by atoms with Gasteiger partial charge in [-0.05, 0) is 52.3 Å². The molecule has 0 bridgehead atoms. The van der Waals surface area contributed by atoms with E-state index in [-0.39, 0.29) is 19.0 Å². The summed E-state index contributed by atoms with van der Waals surface area (Å²) < 4.78 is 14.0.